The van der Waals surface area contributed by atoms with Gasteiger partial charge in [-0.3, -0.25) is 4.79 Å². The van der Waals surface area contributed by atoms with E-state index >= 15 is 0 Å². The summed E-state index contributed by atoms with van der Waals surface area (Å²) in [7, 11) is 4.81. The van der Waals surface area contributed by atoms with E-state index < -0.39 is 5.82 Å². The summed E-state index contributed by atoms with van der Waals surface area (Å²) in [4.78, 5) is 22.6. The maximum Gasteiger partial charge on any atom is 0.254 e. The van der Waals surface area contributed by atoms with Gasteiger partial charge in [0, 0.05) is 43.2 Å². The van der Waals surface area contributed by atoms with Crippen LogP contribution in [0, 0.1) is 5.82 Å². The first kappa shape index (κ1) is 24.4. The predicted octanol–water partition coefficient (Wildman–Crippen LogP) is 5.03. The van der Waals surface area contributed by atoms with Gasteiger partial charge in [-0.2, -0.15) is 0 Å². The molecule has 0 aliphatic carbocycles. The zero-order valence-corrected chi connectivity index (χ0v) is 21.0. The van der Waals surface area contributed by atoms with Crippen molar-refractivity contribution >= 4 is 22.5 Å². The number of carbonyl (C=O) groups is 1. The fraction of sp³-hybridized carbons (Fsp3) is 0.241. The summed E-state index contributed by atoms with van der Waals surface area (Å²) in [6.07, 6.45) is 0. The number of methoxy groups -OCH3 is 3. The zero-order valence-electron chi connectivity index (χ0n) is 21.0. The molecule has 7 nitrogen and oxygen atoms in total. The van der Waals surface area contributed by atoms with Gasteiger partial charge < -0.3 is 24.0 Å². The van der Waals surface area contributed by atoms with Crippen LogP contribution in [0.5, 0.6) is 17.2 Å². The van der Waals surface area contributed by atoms with Crippen LogP contribution in [-0.4, -0.2) is 63.3 Å². The van der Waals surface area contributed by atoms with Crippen molar-refractivity contribution in [1.82, 2.24) is 9.88 Å². The largest absolute Gasteiger partial charge is 0.497 e. The van der Waals surface area contributed by atoms with Crippen LogP contribution in [0.2, 0.25) is 0 Å². The number of benzene rings is 3. The lowest BCUT2D eigenvalue weighted by molar-refractivity contribution is 0.0748. The first-order valence-corrected chi connectivity index (χ1v) is 12.0. The number of amides is 1. The van der Waals surface area contributed by atoms with E-state index in [0.29, 0.717) is 65.4 Å². The summed E-state index contributed by atoms with van der Waals surface area (Å²) in [5, 5.41) is 0.480. The number of para-hydroxylation sites is 2. The highest BCUT2D eigenvalue weighted by Crippen LogP contribution is 2.35. The number of piperazine rings is 1. The third-order valence-corrected chi connectivity index (χ3v) is 6.68. The molecule has 0 spiro atoms. The van der Waals surface area contributed by atoms with Crippen molar-refractivity contribution in [2.75, 3.05) is 52.4 Å². The molecule has 1 aliphatic rings. The fourth-order valence-electron chi connectivity index (χ4n) is 4.73. The number of anilines is 1. The van der Waals surface area contributed by atoms with Gasteiger partial charge in [0.05, 0.1) is 43.8 Å². The normalized spacial score (nSPS) is 13.5. The SMILES string of the molecule is COc1ccc(-c2cc(C(=O)N3CCN(c4ccccc4OC)CC3)c3cc(F)ccc3n2)c(OC)c1. The van der Waals surface area contributed by atoms with E-state index in [0.717, 1.165) is 11.4 Å². The Bertz CT molecular complexity index is 1450. The van der Waals surface area contributed by atoms with Gasteiger partial charge in [0.25, 0.3) is 5.91 Å². The van der Waals surface area contributed by atoms with Crippen molar-refractivity contribution in [3.63, 3.8) is 0 Å². The minimum absolute atomic E-state index is 0.161. The van der Waals surface area contributed by atoms with Crippen LogP contribution in [0.25, 0.3) is 22.2 Å². The van der Waals surface area contributed by atoms with Gasteiger partial charge >= 0.3 is 0 Å². The summed E-state index contributed by atoms with van der Waals surface area (Å²) in [5.41, 5.74) is 3.22. The van der Waals surface area contributed by atoms with Gasteiger partial charge in [-0.05, 0) is 48.5 Å². The van der Waals surface area contributed by atoms with Crippen molar-refractivity contribution < 1.29 is 23.4 Å². The number of fused-ring (bicyclic) bond motifs is 1. The quantitative estimate of drug-likeness (QED) is 0.369. The number of halogens is 1. The third-order valence-electron chi connectivity index (χ3n) is 6.68. The highest BCUT2D eigenvalue weighted by atomic mass is 19.1. The molecule has 1 fully saturated rings. The molecule has 0 saturated carbocycles. The summed E-state index contributed by atoms with van der Waals surface area (Å²) >= 11 is 0. The van der Waals surface area contributed by atoms with Crippen LogP contribution in [0.3, 0.4) is 0 Å². The summed E-state index contributed by atoms with van der Waals surface area (Å²) < 4.78 is 30.6. The lowest BCUT2D eigenvalue weighted by Gasteiger charge is -2.36. The summed E-state index contributed by atoms with van der Waals surface area (Å²) in [6.45, 7) is 2.36. The molecule has 2 heterocycles. The monoisotopic (exact) mass is 501 g/mol. The molecule has 5 rings (SSSR count). The molecule has 4 aromatic rings. The summed E-state index contributed by atoms with van der Waals surface area (Å²) in [5.74, 6) is 1.44. The average molecular weight is 502 g/mol. The second-order valence-electron chi connectivity index (χ2n) is 8.73. The Morgan fingerprint density at radius 1 is 0.838 bits per heavy atom. The number of nitrogens with zero attached hydrogens (tertiary/aromatic N) is 3. The molecule has 1 saturated heterocycles. The van der Waals surface area contributed by atoms with Crippen molar-refractivity contribution in [3.05, 3.63) is 78.1 Å². The number of hydrogen-bond acceptors (Lipinski definition) is 6. The molecule has 37 heavy (non-hydrogen) atoms. The van der Waals surface area contributed by atoms with Gasteiger partial charge in [-0.15, -0.1) is 0 Å². The Morgan fingerprint density at radius 2 is 1.59 bits per heavy atom. The van der Waals surface area contributed by atoms with E-state index in [4.69, 9.17) is 19.2 Å². The molecule has 0 N–H and O–H groups in total. The Balaban J connectivity index is 1.49. The predicted molar refractivity (Wildman–Crippen MR) is 141 cm³/mol. The average Bonchev–Trinajstić information content (AvgIpc) is 2.96. The first-order valence-electron chi connectivity index (χ1n) is 12.0. The number of pyridine rings is 1. The molecule has 1 amide bonds. The lowest BCUT2D eigenvalue weighted by atomic mass is 10.0. The van der Waals surface area contributed by atoms with Crippen LogP contribution < -0.4 is 19.1 Å². The van der Waals surface area contributed by atoms with Gasteiger partial charge in [0.2, 0.25) is 0 Å². The van der Waals surface area contributed by atoms with E-state index in [1.807, 2.05) is 36.4 Å². The number of ether oxygens (including phenoxy) is 3. The number of aromatic nitrogens is 1. The van der Waals surface area contributed by atoms with Crippen LogP contribution in [0.15, 0.2) is 66.7 Å². The maximum absolute atomic E-state index is 14.3. The van der Waals surface area contributed by atoms with Crippen LogP contribution >= 0.6 is 0 Å². The Hall–Kier alpha value is -4.33. The van der Waals surface area contributed by atoms with Gasteiger partial charge in [0.15, 0.2) is 0 Å². The molecule has 190 valence electrons. The van der Waals surface area contributed by atoms with E-state index in [9.17, 15) is 9.18 Å². The smallest absolute Gasteiger partial charge is 0.254 e. The van der Waals surface area contributed by atoms with Crippen molar-refractivity contribution in [2.24, 2.45) is 0 Å². The lowest BCUT2D eigenvalue weighted by Crippen LogP contribution is -2.49. The molecule has 3 aromatic carbocycles. The third kappa shape index (κ3) is 4.74. The Morgan fingerprint density at radius 3 is 2.32 bits per heavy atom. The highest BCUT2D eigenvalue weighted by Gasteiger charge is 2.26. The molecule has 0 atom stereocenters. The van der Waals surface area contributed by atoms with E-state index in [-0.39, 0.29) is 5.91 Å². The molecule has 8 heteroatoms. The summed E-state index contributed by atoms with van der Waals surface area (Å²) in [6, 6.07) is 19.3. The van der Waals surface area contributed by atoms with Gasteiger partial charge in [-0.25, -0.2) is 9.37 Å². The van der Waals surface area contributed by atoms with Crippen molar-refractivity contribution in [2.45, 2.75) is 0 Å². The van der Waals surface area contributed by atoms with E-state index in [1.165, 1.54) is 12.1 Å². The van der Waals surface area contributed by atoms with Crippen molar-refractivity contribution in [3.8, 4) is 28.5 Å². The number of hydrogen-bond donors (Lipinski definition) is 0. The molecule has 0 unspecified atom stereocenters. The fourth-order valence-corrected chi connectivity index (χ4v) is 4.73. The van der Waals surface area contributed by atoms with Crippen molar-refractivity contribution in [1.29, 1.82) is 0 Å². The minimum Gasteiger partial charge on any atom is -0.497 e. The van der Waals surface area contributed by atoms with E-state index in [1.54, 1.807) is 44.4 Å². The molecular formula is C29H28FN3O4. The standard InChI is InChI=1S/C29H28FN3O4/c1-35-20-9-10-21(28(17-20)37-3)25-18-23(22-16-19(30)8-11-24(22)31-25)29(34)33-14-12-32(13-15-33)26-6-4-5-7-27(26)36-2/h4-11,16-18H,12-15H2,1-3H3. The van der Waals surface area contributed by atoms with Crippen LogP contribution in [0.4, 0.5) is 10.1 Å². The highest BCUT2D eigenvalue weighted by molar-refractivity contribution is 6.07. The van der Waals surface area contributed by atoms with Crippen LogP contribution in [-0.2, 0) is 0 Å². The molecule has 1 aliphatic heterocycles. The van der Waals surface area contributed by atoms with E-state index in [2.05, 4.69) is 4.90 Å². The van der Waals surface area contributed by atoms with Gasteiger partial charge in [0.1, 0.15) is 23.1 Å². The molecular weight excluding hydrogens is 473 g/mol. The second-order valence-corrected chi connectivity index (χ2v) is 8.73. The number of carbonyl (C=O) groups excluding carboxylic acids is 1. The first-order chi connectivity index (χ1) is 18.0. The van der Waals surface area contributed by atoms with Gasteiger partial charge in [-0.1, -0.05) is 12.1 Å². The topological polar surface area (TPSA) is 64.1 Å². The zero-order chi connectivity index (χ0) is 25.9. The molecule has 0 radical (unpaired) electrons. The minimum atomic E-state index is -0.417. The molecule has 0 bridgehead atoms. The second kappa shape index (κ2) is 10.3. The Kier molecular flexibility index (Phi) is 6.81. The maximum atomic E-state index is 14.3. The Labute approximate surface area is 215 Å². The van der Waals surface area contributed by atoms with Crippen LogP contribution in [0.1, 0.15) is 10.4 Å². The molecule has 1 aromatic heterocycles. The number of rotatable bonds is 6.